The highest BCUT2D eigenvalue weighted by atomic mass is 15.2. The van der Waals surface area contributed by atoms with Crippen molar-refractivity contribution in [3.05, 3.63) is 96.4 Å². The smallest absolute Gasteiger partial charge is 0.150 e. The first kappa shape index (κ1) is 25.4. The second-order valence-electron chi connectivity index (χ2n) is 11.8. The van der Waals surface area contributed by atoms with Gasteiger partial charge in [-0.2, -0.15) is 0 Å². The SMILES string of the molecule is Nc1nccn2c(C3CC(N4CCNCC4)C3)nc(-c3ccc4c(c3)nc(C3=CC=CCC3)n4Cc3ccccc3)c12. The number of hydrogen-bond donors (Lipinski definition) is 2. The average molecular weight is 557 g/mol. The van der Waals surface area contributed by atoms with Gasteiger partial charge in [0.05, 0.1) is 11.0 Å². The third kappa shape index (κ3) is 4.42. The van der Waals surface area contributed by atoms with E-state index in [4.69, 9.17) is 15.7 Å². The molecule has 212 valence electrons. The van der Waals surface area contributed by atoms with E-state index in [1.54, 1.807) is 6.20 Å². The van der Waals surface area contributed by atoms with Gasteiger partial charge in [0.2, 0.25) is 0 Å². The molecular weight excluding hydrogens is 520 g/mol. The Kier molecular flexibility index (Phi) is 6.38. The molecule has 42 heavy (non-hydrogen) atoms. The highest BCUT2D eigenvalue weighted by molar-refractivity contribution is 5.91. The molecule has 8 heteroatoms. The van der Waals surface area contributed by atoms with Crippen molar-refractivity contribution >= 4 is 27.9 Å². The van der Waals surface area contributed by atoms with Gasteiger partial charge < -0.3 is 15.6 Å². The summed E-state index contributed by atoms with van der Waals surface area (Å²) in [6.07, 6.45) is 14.7. The van der Waals surface area contributed by atoms with Crippen molar-refractivity contribution in [3.8, 4) is 11.3 Å². The van der Waals surface area contributed by atoms with Gasteiger partial charge >= 0.3 is 0 Å². The largest absolute Gasteiger partial charge is 0.382 e. The lowest BCUT2D eigenvalue weighted by molar-refractivity contribution is 0.0928. The summed E-state index contributed by atoms with van der Waals surface area (Å²) in [4.78, 5) is 17.6. The fraction of sp³-hybridized carbons (Fsp3) is 0.324. The Hall–Kier alpha value is -4.27. The molecule has 0 amide bonds. The number of nitrogens with zero attached hydrogens (tertiary/aromatic N) is 6. The topological polar surface area (TPSA) is 89.3 Å². The van der Waals surface area contributed by atoms with Gasteiger partial charge in [-0.25, -0.2) is 15.0 Å². The number of piperazine rings is 1. The molecule has 8 rings (SSSR count). The van der Waals surface area contributed by atoms with Crippen LogP contribution in [0.5, 0.6) is 0 Å². The number of aromatic nitrogens is 5. The molecule has 0 atom stereocenters. The van der Waals surface area contributed by atoms with Crippen molar-refractivity contribution in [1.29, 1.82) is 0 Å². The molecule has 3 aliphatic rings. The van der Waals surface area contributed by atoms with Crippen molar-refractivity contribution in [1.82, 2.24) is 34.1 Å². The predicted octanol–water partition coefficient (Wildman–Crippen LogP) is 5.26. The van der Waals surface area contributed by atoms with Crippen molar-refractivity contribution in [2.75, 3.05) is 31.9 Å². The van der Waals surface area contributed by atoms with E-state index in [9.17, 15) is 0 Å². The first-order valence-corrected chi connectivity index (χ1v) is 15.2. The van der Waals surface area contributed by atoms with Crippen molar-refractivity contribution < 1.29 is 0 Å². The molecule has 0 unspecified atom stereocenters. The highest BCUT2D eigenvalue weighted by Gasteiger charge is 2.38. The molecule has 0 bridgehead atoms. The molecular formula is C34H36N8. The van der Waals surface area contributed by atoms with E-state index >= 15 is 0 Å². The normalized spacial score (nSPS) is 21.1. The Morgan fingerprint density at radius 3 is 2.67 bits per heavy atom. The fourth-order valence-corrected chi connectivity index (χ4v) is 6.96. The number of anilines is 1. The molecule has 0 spiro atoms. The molecule has 1 aliphatic heterocycles. The summed E-state index contributed by atoms with van der Waals surface area (Å²) < 4.78 is 4.54. The first-order valence-electron chi connectivity index (χ1n) is 15.2. The van der Waals surface area contributed by atoms with Gasteiger partial charge in [-0.3, -0.25) is 9.30 Å². The number of nitrogens with two attached hydrogens (primary N) is 1. The van der Waals surface area contributed by atoms with E-state index in [1.165, 1.54) is 11.1 Å². The molecule has 1 saturated carbocycles. The lowest BCUT2D eigenvalue weighted by Crippen LogP contribution is -2.52. The van der Waals surface area contributed by atoms with Crippen molar-refractivity contribution in [2.24, 2.45) is 0 Å². The van der Waals surface area contributed by atoms with Gasteiger partial charge in [-0.15, -0.1) is 0 Å². The zero-order valence-electron chi connectivity index (χ0n) is 23.8. The minimum Gasteiger partial charge on any atom is -0.382 e. The Bertz CT molecular complexity index is 1820. The molecule has 3 aromatic heterocycles. The average Bonchev–Trinajstić information content (AvgIpc) is 3.57. The van der Waals surface area contributed by atoms with E-state index in [0.29, 0.717) is 17.8 Å². The third-order valence-electron chi connectivity index (χ3n) is 9.26. The van der Waals surface area contributed by atoms with Crippen LogP contribution < -0.4 is 11.1 Å². The second kappa shape index (κ2) is 10.5. The van der Waals surface area contributed by atoms with Crippen LogP contribution >= 0.6 is 0 Å². The minimum absolute atomic E-state index is 0.416. The Balaban J connectivity index is 1.19. The number of rotatable bonds is 6. The lowest BCUT2D eigenvalue weighted by atomic mass is 9.78. The fourth-order valence-electron chi connectivity index (χ4n) is 6.96. The van der Waals surface area contributed by atoms with Crippen molar-refractivity contribution in [2.45, 2.75) is 44.2 Å². The standard InChI is InChI=1S/C34H36N8/c35-32-31-30(39-34(41(31)18-15-37-32)26-19-27(20-26)40-16-13-36-14-17-40)25-11-12-29-28(21-25)38-33(24-9-5-2-6-10-24)42(29)22-23-7-3-1-4-8-23/h1-5,7-9,11-12,15,18,21,26-27,36H,6,10,13-14,16-17,19-20,22H2,(H2,35,37). The van der Waals surface area contributed by atoms with Gasteiger partial charge in [0, 0.05) is 62.6 Å². The number of nitrogen functional groups attached to an aromatic ring is 1. The predicted molar refractivity (Wildman–Crippen MR) is 168 cm³/mol. The van der Waals surface area contributed by atoms with Crippen LogP contribution in [0.1, 0.15) is 48.8 Å². The van der Waals surface area contributed by atoms with Gasteiger partial charge in [-0.1, -0.05) is 54.6 Å². The van der Waals surface area contributed by atoms with Gasteiger partial charge in [0.1, 0.15) is 28.7 Å². The van der Waals surface area contributed by atoms with E-state index < -0.39 is 0 Å². The maximum Gasteiger partial charge on any atom is 0.150 e. The Morgan fingerprint density at radius 1 is 1.00 bits per heavy atom. The van der Waals surface area contributed by atoms with Crippen LogP contribution in [0.4, 0.5) is 5.82 Å². The van der Waals surface area contributed by atoms with Crippen LogP contribution in [0.15, 0.2) is 79.2 Å². The molecule has 2 fully saturated rings. The molecule has 4 heterocycles. The minimum atomic E-state index is 0.416. The molecule has 0 radical (unpaired) electrons. The Morgan fingerprint density at radius 2 is 1.86 bits per heavy atom. The monoisotopic (exact) mass is 556 g/mol. The van der Waals surface area contributed by atoms with Crippen LogP contribution in [0.25, 0.3) is 33.4 Å². The van der Waals surface area contributed by atoms with Gasteiger partial charge in [0.25, 0.3) is 0 Å². The van der Waals surface area contributed by atoms with E-state index in [-0.39, 0.29) is 0 Å². The van der Waals surface area contributed by atoms with Crippen LogP contribution in [0.2, 0.25) is 0 Å². The number of hydrogen-bond acceptors (Lipinski definition) is 6. The van der Waals surface area contributed by atoms with E-state index in [0.717, 1.165) is 97.9 Å². The van der Waals surface area contributed by atoms with Gasteiger partial charge in [-0.05, 0) is 49.0 Å². The molecule has 2 aliphatic carbocycles. The molecule has 3 N–H and O–H groups in total. The number of benzene rings is 2. The highest BCUT2D eigenvalue weighted by Crippen LogP contribution is 2.42. The summed E-state index contributed by atoms with van der Waals surface area (Å²) in [5, 5.41) is 3.47. The summed E-state index contributed by atoms with van der Waals surface area (Å²) in [5.41, 5.74) is 14.0. The molecule has 1 saturated heterocycles. The van der Waals surface area contributed by atoms with E-state index in [2.05, 4.69) is 90.9 Å². The van der Waals surface area contributed by atoms with Gasteiger partial charge in [0.15, 0.2) is 0 Å². The van der Waals surface area contributed by atoms with Crippen LogP contribution in [-0.4, -0.2) is 61.0 Å². The first-order chi connectivity index (χ1) is 20.7. The maximum atomic E-state index is 6.52. The summed E-state index contributed by atoms with van der Waals surface area (Å²) in [7, 11) is 0. The molecule has 8 nitrogen and oxygen atoms in total. The summed E-state index contributed by atoms with van der Waals surface area (Å²) >= 11 is 0. The Labute approximate surface area is 245 Å². The summed E-state index contributed by atoms with van der Waals surface area (Å²) in [6, 6.07) is 17.8. The number of allylic oxidation sites excluding steroid dienone is 4. The van der Waals surface area contributed by atoms with Crippen LogP contribution in [0.3, 0.4) is 0 Å². The molecule has 2 aromatic carbocycles. The number of fused-ring (bicyclic) bond motifs is 2. The lowest BCUT2D eigenvalue weighted by Gasteiger charge is -2.44. The second-order valence-corrected chi connectivity index (χ2v) is 11.8. The third-order valence-corrected chi connectivity index (χ3v) is 9.26. The zero-order chi connectivity index (χ0) is 28.0. The quantitative estimate of drug-likeness (QED) is 0.297. The zero-order valence-corrected chi connectivity index (χ0v) is 23.8. The summed E-state index contributed by atoms with van der Waals surface area (Å²) in [5.74, 6) is 3.06. The van der Waals surface area contributed by atoms with Crippen LogP contribution in [0, 0.1) is 0 Å². The number of imidazole rings is 2. The summed E-state index contributed by atoms with van der Waals surface area (Å²) in [6.45, 7) is 5.21. The van der Waals surface area contributed by atoms with Crippen LogP contribution in [-0.2, 0) is 6.54 Å². The number of nitrogens with one attached hydrogen (secondary N) is 1. The molecule has 5 aromatic rings. The van der Waals surface area contributed by atoms with Crippen molar-refractivity contribution in [3.63, 3.8) is 0 Å². The maximum absolute atomic E-state index is 6.52. The van der Waals surface area contributed by atoms with E-state index in [1.807, 2.05) is 6.20 Å².